The monoisotopic (exact) mass is 289 g/mol. The summed E-state index contributed by atoms with van der Waals surface area (Å²) in [6, 6.07) is 7.30. The van der Waals surface area contributed by atoms with E-state index in [4.69, 9.17) is 5.73 Å². The highest BCUT2D eigenvalue weighted by Gasteiger charge is 2.15. The molecule has 2 rings (SSSR count). The zero-order valence-corrected chi connectivity index (χ0v) is 13.0. The van der Waals surface area contributed by atoms with Gasteiger partial charge in [-0.2, -0.15) is 0 Å². The summed E-state index contributed by atoms with van der Waals surface area (Å²) in [5, 5.41) is 2.90. The van der Waals surface area contributed by atoms with Gasteiger partial charge in [-0.05, 0) is 44.0 Å². The zero-order chi connectivity index (χ0) is 15.1. The molecule has 0 aromatic heterocycles. The molecule has 1 saturated carbocycles. The van der Waals surface area contributed by atoms with Gasteiger partial charge in [-0.1, -0.05) is 25.3 Å². The number of rotatable bonds is 6. The van der Waals surface area contributed by atoms with Gasteiger partial charge in [-0.3, -0.25) is 4.79 Å². The van der Waals surface area contributed by atoms with Crippen LogP contribution in [-0.2, 0) is 4.79 Å². The molecule has 0 saturated heterocycles. The topological polar surface area (TPSA) is 58.4 Å². The molecule has 1 aromatic carbocycles. The van der Waals surface area contributed by atoms with Crippen molar-refractivity contribution < 1.29 is 4.79 Å². The van der Waals surface area contributed by atoms with Gasteiger partial charge in [-0.25, -0.2) is 0 Å². The molecule has 116 valence electrons. The summed E-state index contributed by atoms with van der Waals surface area (Å²) >= 11 is 0. The number of hydrogen-bond acceptors (Lipinski definition) is 3. The molecule has 1 aliphatic carbocycles. The van der Waals surface area contributed by atoms with Gasteiger partial charge in [0.15, 0.2) is 0 Å². The molecule has 0 unspecified atom stereocenters. The van der Waals surface area contributed by atoms with Crippen molar-refractivity contribution in [1.29, 1.82) is 0 Å². The summed E-state index contributed by atoms with van der Waals surface area (Å²) in [5.74, 6) is 0.872. The normalized spacial score (nSPS) is 16.1. The Morgan fingerprint density at radius 3 is 2.81 bits per heavy atom. The summed E-state index contributed by atoms with van der Waals surface area (Å²) in [4.78, 5) is 14.2. The van der Waals surface area contributed by atoms with Crippen molar-refractivity contribution in [2.24, 2.45) is 5.92 Å². The maximum atomic E-state index is 11.9. The third-order valence-corrected chi connectivity index (χ3v) is 4.19. The molecule has 3 N–H and O–H groups in total. The number of hydrogen-bond donors (Lipinski definition) is 2. The molecule has 0 spiro atoms. The largest absolute Gasteiger partial charge is 0.399 e. The average molecular weight is 289 g/mol. The molecule has 0 heterocycles. The first kappa shape index (κ1) is 15.8. The summed E-state index contributed by atoms with van der Waals surface area (Å²) in [6.45, 7) is 1.93. The number of carbonyl (C=O) groups excluding carboxylic acids is 1. The van der Waals surface area contributed by atoms with E-state index in [1.807, 2.05) is 18.2 Å². The van der Waals surface area contributed by atoms with Crippen molar-refractivity contribution in [1.82, 2.24) is 4.90 Å². The Morgan fingerprint density at radius 1 is 1.33 bits per heavy atom. The molecule has 1 aliphatic rings. The minimum Gasteiger partial charge on any atom is -0.399 e. The number of benzene rings is 1. The second-order valence-corrected chi connectivity index (χ2v) is 6.19. The maximum absolute atomic E-state index is 11.9. The molecule has 4 heteroatoms. The zero-order valence-electron chi connectivity index (χ0n) is 13.0. The van der Waals surface area contributed by atoms with E-state index in [1.165, 1.54) is 32.1 Å². The molecule has 1 fully saturated rings. The summed E-state index contributed by atoms with van der Waals surface area (Å²) in [5.41, 5.74) is 7.14. The fourth-order valence-electron chi connectivity index (χ4n) is 3.03. The van der Waals surface area contributed by atoms with Gasteiger partial charge in [0.05, 0.1) is 0 Å². The molecular formula is C17H27N3O. The van der Waals surface area contributed by atoms with E-state index in [0.717, 1.165) is 24.7 Å². The SMILES string of the molecule is CN(CCC(=O)Nc1cccc(N)c1)CC1CCCCC1. The van der Waals surface area contributed by atoms with Crippen molar-refractivity contribution in [3.8, 4) is 0 Å². The van der Waals surface area contributed by atoms with Crippen molar-refractivity contribution in [3.05, 3.63) is 24.3 Å². The number of nitrogens with two attached hydrogens (primary N) is 1. The van der Waals surface area contributed by atoms with Crippen LogP contribution in [0.3, 0.4) is 0 Å². The fraction of sp³-hybridized carbons (Fsp3) is 0.588. The Bertz CT molecular complexity index is 455. The van der Waals surface area contributed by atoms with E-state index in [-0.39, 0.29) is 5.91 Å². The van der Waals surface area contributed by atoms with Crippen LogP contribution in [0.1, 0.15) is 38.5 Å². The van der Waals surface area contributed by atoms with Crippen LogP contribution in [0.4, 0.5) is 11.4 Å². The smallest absolute Gasteiger partial charge is 0.225 e. The van der Waals surface area contributed by atoms with Crippen molar-refractivity contribution in [2.45, 2.75) is 38.5 Å². The van der Waals surface area contributed by atoms with Crippen LogP contribution in [-0.4, -0.2) is 30.9 Å². The van der Waals surface area contributed by atoms with Crippen LogP contribution >= 0.6 is 0 Å². The lowest BCUT2D eigenvalue weighted by atomic mass is 9.89. The third kappa shape index (κ3) is 5.76. The predicted molar refractivity (Wildman–Crippen MR) is 88.2 cm³/mol. The lowest BCUT2D eigenvalue weighted by Gasteiger charge is -2.26. The summed E-state index contributed by atoms with van der Waals surface area (Å²) in [6.07, 6.45) is 7.35. The molecule has 4 nitrogen and oxygen atoms in total. The minimum atomic E-state index is 0.0519. The Balaban J connectivity index is 1.68. The maximum Gasteiger partial charge on any atom is 0.225 e. The van der Waals surface area contributed by atoms with Crippen LogP contribution in [0.25, 0.3) is 0 Å². The van der Waals surface area contributed by atoms with Crippen LogP contribution in [0.15, 0.2) is 24.3 Å². The summed E-state index contributed by atoms with van der Waals surface area (Å²) < 4.78 is 0. The third-order valence-electron chi connectivity index (χ3n) is 4.19. The number of amides is 1. The van der Waals surface area contributed by atoms with E-state index in [1.54, 1.807) is 6.07 Å². The van der Waals surface area contributed by atoms with Crippen LogP contribution in [0.2, 0.25) is 0 Å². The van der Waals surface area contributed by atoms with Gasteiger partial charge in [0.1, 0.15) is 0 Å². The van der Waals surface area contributed by atoms with Gasteiger partial charge in [0.2, 0.25) is 5.91 Å². The van der Waals surface area contributed by atoms with Gasteiger partial charge in [0, 0.05) is 30.9 Å². The number of nitrogens with zero attached hydrogens (tertiary/aromatic N) is 1. The van der Waals surface area contributed by atoms with E-state index >= 15 is 0 Å². The highest BCUT2D eigenvalue weighted by atomic mass is 16.1. The first-order valence-corrected chi connectivity index (χ1v) is 7.97. The van der Waals surface area contributed by atoms with Crippen LogP contribution in [0.5, 0.6) is 0 Å². The van der Waals surface area contributed by atoms with Crippen LogP contribution in [0, 0.1) is 5.92 Å². The van der Waals surface area contributed by atoms with Gasteiger partial charge >= 0.3 is 0 Å². The second kappa shape index (κ2) is 8.03. The second-order valence-electron chi connectivity index (χ2n) is 6.19. The van der Waals surface area contributed by atoms with Gasteiger partial charge in [-0.15, -0.1) is 0 Å². The number of anilines is 2. The lowest BCUT2D eigenvalue weighted by Crippen LogP contribution is -2.30. The Hall–Kier alpha value is -1.55. The Kier molecular flexibility index (Phi) is 6.05. The molecule has 0 bridgehead atoms. The molecule has 0 atom stereocenters. The number of nitrogens with one attached hydrogen (secondary N) is 1. The van der Waals surface area contributed by atoms with Crippen molar-refractivity contribution >= 4 is 17.3 Å². The highest BCUT2D eigenvalue weighted by molar-refractivity contribution is 5.91. The first-order valence-electron chi connectivity index (χ1n) is 7.97. The molecule has 0 radical (unpaired) electrons. The van der Waals surface area contributed by atoms with E-state index in [9.17, 15) is 4.79 Å². The number of carbonyl (C=O) groups is 1. The van der Waals surface area contributed by atoms with E-state index in [0.29, 0.717) is 12.1 Å². The number of nitrogen functional groups attached to an aromatic ring is 1. The van der Waals surface area contributed by atoms with E-state index < -0.39 is 0 Å². The van der Waals surface area contributed by atoms with E-state index in [2.05, 4.69) is 17.3 Å². The molecule has 1 aromatic rings. The minimum absolute atomic E-state index is 0.0519. The molecular weight excluding hydrogens is 262 g/mol. The standard InChI is InChI=1S/C17H27N3O/c1-20(13-14-6-3-2-4-7-14)11-10-17(21)19-16-9-5-8-15(18)12-16/h5,8-9,12,14H,2-4,6-7,10-11,13,18H2,1H3,(H,19,21). The highest BCUT2D eigenvalue weighted by Crippen LogP contribution is 2.24. The Labute approximate surface area is 127 Å². The van der Waals surface area contributed by atoms with Crippen molar-refractivity contribution in [3.63, 3.8) is 0 Å². The molecule has 21 heavy (non-hydrogen) atoms. The van der Waals surface area contributed by atoms with Gasteiger partial charge in [0.25, 0.3) is 0 Å². The predicted octanol–water partition coefficient (Wildman–Crippen LogP) is 3.11. The molecule has 0 aliphatic heterocycles. The van der Waals surface area contributed by atoms with Crippen LogP contribution < -0.4 is 11.1 Å². The first-order chi connectivity index (χ1) is 10.1. The lowest BCUT2D eigenvalue weighted by molar-refractivity contribution is -0.116. The quantitative estimate of drug-likeness (QED) is 0.791. The summed E-state index contributed by atoms with van der Waals surface area (Å²) in [7, 11) is 2.11. The Morgan fingerprint density at radius 2 is 2.10 bits per heavy atom. The average Bonchev–Trinajstić information content (AvgIpc) is 2.46. The molecule has 1 amide bonds. The van der Waals surface area contributed by atoms with Gasteiger partial charge < -0.3 is 16.0 Å². The fourth-order valence-corrected chi connectivity index (χ4v) is 3.03. The van der Waals surface area contributed by atoms with Crippen molar-refractivity contribution in [2.75, 3.05) is 31.2 Å².